The summed E-state index contributed by atoms with van der Waals surface area (Å²) in [7, 11) is 0. The van der Waals surface area contributed by atoms with Gasteiger partial charge in [0.15, 0.2) is 0 Å². The zero-order valence-corrected chi connectivity index (χ0v) is 25.2. The Labute approximate surface area is 280 Å². The summed E-state index contributed by atoms with van der Waals surface area (Å²) in [5.74, 6) is 0.491. The summed E-state index contributed by atoms with van der Waals surface area (Å²) in [5, 5.41) is 4.55. The third kappa shape index (κ3) is 4.60. The Balaban J connectivity index is 1.21. The molecule has 0 aliphatic carbocycles. The van der Waals surface area contributed by atoms with E-state index in [-0.39, 0.29) is 29.9 Å². The molecular weight excluding hydrogens is 571 g/mol. The molecule has 3 nitrogen and oxygen atoms in total. The third-order valence-corrected chi connectivity index (χ3v) is 8.77. The Kier molecular flexibility index (Phi) is 5.32. The molecule has 0 unspecified atom stereocenters. The molecule has 0 bridgehead atoms. The summed E-state index contributed by atoms with van der Waals surface area (Å²) in [5.41, 5.74) is 8.58. The van der Waals surface area contributed by atoms with E-state index in [1.165, 1.54) is 5.56 Å². The summed E-state index contributed by atoms with van der Waals surface area (Å²) in [6.07, 6.45) is 1.81. The van der Waals surface area contributed by atoms with Crippen LogP contribution in [-0.4, -0.2) is 14.5 Å². The van der Waals surface area contributed by atoms with Crippen molar-refractivity contribution in [3.8, 4) is 50.6 Å². The number of benzene rings is 7. The van der Waals surface area contributed by atoms with E-state index in [1.807, 2.05) is 60.8 Å². The molecule has 0 amide bonds. The number of hydrogen-bond donors (Lipinski definition) is 0. The number of pyridine rings is 1. The van der Waals surface area contributed by atoms with Crippen LogP contribution in [0.25, 0.3) is 83.2 Å². The van der Waals surface area contributed by atoms with Gasteiger partial charge in [-0.05, 0) is 80.1 Å². The average Bonchev–Trinajstić information content (AvgIpc) is 3.58. The summed E-state index contributed by atoms with van der Waals surface area (Å²) in [6.45, 7) is 0. The molecule has 9 rings (SSSR count). The number of para-hydroxylation sites is 3. The van der Waals surface area contributed by atoms with E-state index in [0.29, 0.717) is 16.9 Å². The molecule has 0 radical (unpaired) electrons. The van der Waals surface area contributed by atoms with Gasteiger partial charge in [0.25, 0.3) is 0 Å². The van der Waals surface area contributed by atoms with Crippen LogP contribution in [-0.2, 0) is 0 Å². The van der Waals surface area contributed by atoms with Gasteiger partial charge in [-0.3, -0.25) is 9.55 Å². The maximum atomic E-state index is 8.75. The Bertz CT molecular complexity index is 2740. The molecule has 2 heterocycles. The van der Waals surface area contributed by atoms with Crippen molar-refractivity contribution in [1.82, 2.24) is 14.5 Å². The number of aromatic nitrogens is 3. The van der Waals surface area contributed by atoms with Crippen molar-refractivity contribution in [1.29, 1.82) is 0 Å². The number of fused-ring (bicyclic) bond motifs is 3. The second kappa shape index (κ2) is 11.2. The Morgan fingerprint density at radius 1 is 0.468 bits per heavy atom. The SMILES string of the molecule is [2H]c1c([2H])c([2H])c(-n2c(-c3ccc(-c4c5ccccc5c(-c5ccc(-c6ccccn6)cc5)c5ccccc45)cc3)nc3ccccc32)c([2H])c1[2H]. The van der Waals surface area contributed by atoms with Crippen molar-refractivity contribution >= 4 is 32.6 Å². The van der Waals surface area contributed by atoms with Gasteiger partial charge in [0.2, 0.25) is 0 Å². The molecule has 0 saturated heterocycles. The maximum absolute atomic E-state index is 8.75. The molecule has 7 aromatic carbocycles. The molecule has 3 heteroatoms. The smallest absolute Gasteiger partial charge is 0.145 e. The minimum atomic E-state index is -0.430. The van der Waals surface area contributed by atoms with Gasteiger partial charge in [0.05, 0.1) is 23.6 Å². The quantitative estimate of drug-likeness (QED) is 0.183. The van der Waals surface area contributed by atoms with Gasteiger partial charge in [-0.2, -0.15) is 0 Å². The Hall–Kier alpha value is -6.32. The molecular formula is C44H29N3. The first-order valence-corrected chi connectivity index (χ1v) is 15.5. The first-order chi connectivity index (χ1) is 25.4. The largest absolute Gasteiger partial charge is 0.292 e. The van der Waals surface area contributed by atoms with Gasteiger partial charge in [-0.15, -0.1) is 0 Å². The van der Waals surface area contributed by atoms with Gasteiger partial charge in [0.1, 0.15) is 5.82 Å². The van der Waals surface area contributed by atoms with Crippen LogP contribution in [0, 0.1) is 0 Å². The number of hydrogen-bond acceptors (Lipinski definition) is 2. The topological polar surface area (TPSA) is 30.7 Å². The van der Waals surface area contributed by atoms with Crippen LogP contribution in [0.3, 0.4) is 0 Å². The maximum Gasteiger partial charge on any atom is 0.145 e. The van der Waals surface area contributed by atoms with E-state index in [1.54, 1.807) is 4.57 Å². The lowest BCUT2D eigenvalue weighted by atomic mass is 9.85. The highest BCUT2D eigenvalue weighted by Gasteiger charge is 2.18. The van der Waals surface area contributed by atoms with Crippen molar-refractivity contribution < 1.29 is 6.85 Å². The first kappa shape index (κ1) is 22.2. The van der Waals surface area contributed by atoms with Gasteiger partial charge in [0, 0.05) is 23.0 Å². The van der Waals surface area contributed by atoms with Crippen molar-refractivity contribution in [2.24, 2.45) is 0 Å². The molecule has 0 aliphatic rings. The highest BCUT2D eigenvalue weighted by Crippen LogP contribution is 2.44. The van der Waals surface area contributed by atoms with E-state index in [2.05, 4.69) is 89.9 Å². The number of nitrogens with zero attached hydrogens (tertiary/aromatic N) is 3. The predicted octanol–water partition coefficient (Wildman–Crippen LogP) is 11.4. The van der Waals surface area contributed by atoms with Crippen LogP contribution in [0.1, 0.15) is 6.85 Å². The molecule has 0 spiro atoms. The van der Waals surface area contributed by atoms with Crippen LogP contribution < -0.4 is 0 Å². The van der Waals surface area contributed by atoms with Crippen LogP contribution in [0.2, 0.25) is 0 Å². The fraction of sp³-hybridized carbons (Fsp3) is 0. The van der Waals surface area contributed by atoms with Crippen LogP contribution in [0.15, 0.2) is 176 Å². The molecule has 0 atom stereocenters. The third-order valence-electron chi connectivity index (χ3n) is 8.77. The average molecular weight is 605 g/mol. The van der Waals surface area contributed by atoms with Gasteiger partial charge in [-0.25, -0.2) is 4.98 Å². The standard InChI is InChI=1S/C44H29N3/c1-2-12-34(13-3-1)47-41-20-9-8-19-40(41)46-44(47)33-27-25-32(26-28-33)43-37-16-6-4-14-35(37)42(36-15-5-7-17-38(36)43)31-23-21-30(22-24-31)39-18-10-11-29-45-39/h1-29H/i1D,2D,3D,12D,13D. The Morgan fingerprint density at radius 2 is 0.979 bits per heavy atom. The van der Waals surface area contributed by atoms with Crippen molar-refractivity contribution in [3.05, 3.63) is 176 Å². The molecule has 0 saturated carbocycles. The van der Waals surface area contributed by atoms with Crippen LogP contribution in [0.4, 0.5) is 0 Å². The highest BCUT2D eigenvalue weighted by molar-refractivity contribution is 6.21. The normalized spacial score (nSPS) is 12.9. The van der Waals surface area contributed by atoms with E-state index in [9.17, 15) is 0 Å². The second-order valence-electron chi connectivity index (χ2n) is 11.4. The summed E-state index contributed by atoms with van der Waals surface area (Å²) < 4.78 is 44.0. The lowest BCUT2D eigenvalue weighted by Gasteiger charge is -2.18. The minimum Gasteiger partial charge on any atom is -0.292 e. The lowest BCUT2D eigenvalue weighted by Crippen LogP contribution is -1.97. The predicted molar refractivity (Wildman–Crippen MR) is 196 cm³/mol. The van der Waals surface area contributed by atoms with Crippen LogP contribution >= 0.6 is 0 Å². The van der Waals surface area contributed by atoms with Gasteiger partial charge >= 0.3 is 0 Å². The van der Waals surface area contributed by atoms with Crippen molar-refractivity contribution in [3.63, 3.8) is 0 Å². The highest BCUT2D eigenvalue weighted by atomic mass is 15.1. The van der Waals surface area contributed by atoms with Crippen LogP contribution in [0.5, 0.6) is 0 Å². The fourth-order valence-electron chi connectivity index (χ4n) is 6.68. The molecule has 0 aliphatic heterocycles. The van der Waals surface area contributed by atoms with E-state index in [0.717, 1.165) is 55.1 Å². The molecule has 9 aromatic rings. The van der Waals surface area contributed by atoms with E-state index < -0.39 is 6.04 Å². The number of imidazole rings is 1. The van der Waals surface area contributed by atoms with E-state index >= 15 is 0 Å². The monoisotopic (exact) mass is 604 g/mol. The molecule has 0 N–H and O–H groups in total. The second-order valence-corrected chi connectivity index (χ2v) is 11.4. The zero-order valence-electron chi connectivity index (χ0n) is 30.2. The molecule has 220 valence electrons. The first-order valence-electron chi connectivity index (χ1n) is 18.0. The molecule has 47 heavy (non-hydrogen) atoms. The molecule has 2 aromatic heterocycles. The zero-order chi connectivity index (χ0) is 35.5. The fourth-order valence-corrected chi connectivity index (χ4v) is 6.68. The summed E-state index contributed by atoms with van der Waals surface area (Å²) in [6, 6.07) is 45.4. The van der Waals surface area contributed by atoms with Crippen molar-refractivity contribution in [2.45, 2.75) is 0 Å². The van der Waals surface area contributed by atoms with Gasteiger partial charge < -0.3 is 0 Å². The summed E-state index contributed by atoms with van der Waals surface area (Å²) >= 11 is 0. The lowest BCUT2D eigenvalue weighted by molar-refractivity contribution is 1.10. The van der Waals surface area contributed by atoms with Crippen molar-refractivity contribution in [2.75, 3.05) is 0 Å². The molecule has 0 fully saturated rings. The minimum absolute atomic E-state index is 0.0689. The van der Waals surface area contributed by atoms with Gasteiger partial charge in [-0.1, -0.05) is 133 Å². The Morgan fingerprint density at radius 3 is 1.55 bits per heavy atom. The number of rotatable bonds is 5. The van der Waals surface area contributed by atoms with E-state index in [4.69, 9.17) is 11.8 Å². The summed E-state index contributed by atoms with van der Waals surface area (Å²) in [4.78, 5) is 9.45.